The minimum atomic E-state index is -0.830. The molecule has 1 aromatic carbocycles. The summed E-state index contributed by atoms with van der Waals surface area (Å²) in [6.45, 7) is 3.59. The molecule has 1 aliphatic heterocycles. The molecular formula is C24H30F2N6O4S. The summed E-state index contributed by atoms with van der Waals surface area (Å²) >= 11 is 1.27. The highest BCUT2D eigenvalue weighted by Crippen LogP contribution is 2.32. The molecule has 2 aromatic heterocycles. The molecule has 10 nitrogen and oxygen atoms in total. The van der Waals surface area contributed by atoms with Crippen molar-refractivity contribution >= 4 is 34.8 Å². The van der Waals surface area contributed by atoms with Gasteiger partial charge in [0.25, 0.3) is 5.56 Å². The van der Waals surface area contributed by atoms with E-state index in [2.05, 4.69) is 24.3 Å². The van der Waals surface area contributed by atoms with Crippen LogP contribution in [0.2, 0.25) is 0 Å². The second kappa shape index (κ2) is 13.1. The topological polar surface area (TPSA) is 114 Å². The van der Waals surface area contributed by atoms with Gasteiger partial charge in [-0.25, -0.2) is 18.1 Å². The molecule has 0 aliphatic carbocycles. The molecule has 37 heavy (non-hydrogen) atoms. The van der Waals surface area contributed by atoms with Crippen LogP contribution in [0.15, 0.2) is 29.2 Å². The molecule has 3 N–H and O–H groups in total. The maximum Gasteiger partial charge on any atom is 0.260 e. The molecule has 4 rings (SSSR count). The van der Waals surface area contributed by atoms with Crippen LogP contribution in [-0.4, -0.2) is 76.6 Å². The van der Waals surface area contributed by atoms with Crippen LogP contribution in [0, 0.1) is 11.6 Å². The number of nitrogens with one attached hydrogen (secondary N) is 2. The zero-order valence-corrected chi connectivity index (χ0v) is 21.3. The van der Waals surface area contributed by atoms with Gasteiger partial charge in [-0.15, -0.1) is 0 Å². The zero-order chi connectivity index (χ0) is 26.2. The van der Waals surface area contributed by atoms with E-state index in [0.717, 1.165) is 32.0 Å². The Labute approximate surface area is 217 Å². The van der Waals surface area contributed by atoms with Crippen LogP contribution in [0.4, 0.5) is 20.4 Å². The number of aliphatic hydroxyl groups is 1. The van der Waals surface area contributed by atoms with Crippen molar-refractivity contribution in [2.75, 3.05) is 62.7 Å². The van der Waals surface area contributed by atoms with Crippen LogP contribution >= 0.6 is 12.1 Å². The van der Waals surface area contributed by atoms with Crippen molar-refractivity contribution < 1.29 is 23.4 Å². The van der Waals surface area contributed by atoms with E-state index in [0.29, 0.717) is 37.4 Å². The molecule has 1 aliphatic rings. The lowest BCUT2D eigenvalue weighted by atomic mass is 10.0. The Balaban J connectivity index is 1.49. The first-order valence-corrected chi connectivity index (χ1v) is 12.8. The Hall–Kier alpha value is -2.84. The van der Waals surface area contributed by atoms with Crippen LogP contribution < -0.4 is 15.6 Å². The summed E-state index contributed by atoms with van der Waals surface area (Å²) < 4.78 is 47.0. The second-order valence-electron chi connectivity index (χ2n) is 8.38. The zero-order valence-electron chi connectivity index (χ0n) is 20.5. The van der Waals surface area contributed by atoms with E-state index in [1.54, 1.807) is 0 Å². The maximum absolute atomic E-state index is 15.4. The molecule has 200 valence electrons. The fraction of sp³-hybridized carbons (Fsp3) is 0.458. The standard InChI is InChI=1S/C24H30F2N6O4S/c1-31-22-16(15-28-24(29-22)27-6-10-35-12-13-36-11-9-33)14-17(23(31)34)20-18(25)4-5-19(21(20)26)30-37-32-7-2-3-8-32/h4-5,14-15,30,33H,2-3,6-13H2,1H3,(H,27,28,29). The predicted molar refractivity (Wildman–Crippen MR) is 139 cm³/mol. The largest absolute Gasteiger partial charge is 0.394 e. The maximum atomic E-state index is 15.4. The Kier molecular flexibility index (Phi) is 9.63. The van der Waals surface area contributed by atoms with Gasteiger partial charge in [0.1, 0.15) is 11.5 Å². The second-order valence-corrected chi connectivity index (χ2v) is 9.29. The average Bonchev–Trinajstić information content (AvgIpc) is 3.42. The van der Waals surface area contributed by atoms with Gasteiger partial charge in [0.15, 0.2) is 5.82 Å². The third-order valence-corrected chi connectivity index (χ3v) is 6.73. The summed E-state index contributed by atoms with van der Waals surface area (Å²) in [5.41, 5.74) is -0.652. The lowest BCUT2D eigenvalue weighted by Crippen LogP contribution is -2.21. The summed E-state index contributed by atoms with van der Waals surface area (Å²) in [7, 11) is 1.50. The molecule has 0 amide bonds. The summed E-state index contributed by atoms with van der Waals surface area (Å²) in [5.74, 6) is -1.37. The summed E-state index contributed by atoms with van der Waals surface area (Å²) in [6, 6.07) is 3.89. The molecule has 0 bridgehead atoms. The summed E-state index contributed by atoms with van der Waals surface area (Å²) in [6.07, 6.45) is 3.65. The van der Waals surface area contributed by atoms with Crippen LogP contribution in [0.25, 0.3) is 22.2 Å². The molecule has 0 spiro atoms. The molecule has 0 saturated carbocycles. The van der Waals surface area contributed by atoms with Crippen LogP contribution in [0.3, 0.4) is 0 Å². The first-order valence-electron chi connectivity index (χ1n) is 12.0. The van der Waals surface area contributed by atoms with Crippen molar-refractivity contribution in [3.05, 3.63) is 46.4 Å². The third-order valence-electron chi connectivity index (χ3n) is 5.80. The Morgan fingerprint density at radius 3 is 2.65 bits per heavy atom. The average molecular weight is 537 g/mol. The third kappa shape index (κ3) is 6.73. The molecule has 13 heteroatoms. The number of benzene rings is 1. The molecular weight excluding hydrogens is 506 g/mol. The van der Waals surface area contributed by atoms with Gasteiger partial charge in [-0.05, 0) is 31.0 Å². The first-order chi connectivity index (χ1) is 18.0. The number of rotatable bonds is 13. The minimum absolute atomic E-state index is 0.0314. The highest BCUT2D eigenvalue weighted by molar-refractivity contribution is 7.98. The molecule has 1 saturated heterocycles. The molecule has 0 unspecified atom stereocenters. The number of ether oxygens (including phenoxy) is 2. The first kappa shape index (κ1) is 27.2. The van der Waals surface area contributed by atoms with Crippen molar-refractivity contribution in [3.8, 4) is 11.1 Å². The molecule has 0 atom stereocenters. The number of halogens is 2. The van der Waals surface area contributed by atoms with Crippen molar-refractivity contribution in [1.29, 1.82) is 0 Å². The normalized spacial score (nSPS) is 13.9. The number of aromatic nitrogens is 3. The highest BCUT2D eigenvalue weighted by atomic mass is 32.2. The Bertz CT molecular complexity index is 1270. The van der Waals surface area contributed by atoms with Crippen LogP contribution in [-0.2, 0) is 16.5 Å². The van der Waals surface area contributed by atoms with Crippen LogP contribution in [0.1, 0.15) is 12.8 Å². The van der Waals surface area contributed by atoms with E-state index in [4.69, 9.17) is 14.6 Å². The van der Waals surface area contributed by atoms with Crippen molar-refractivity contribution in [1.82, 2.24) is 18.8 Å². The molecule has 3 aromatic rings. The van der Waals surface area contributed by atoms with E-state index in [-0.39, 0.29) is 30.4 Å². The number of anilines is 2. The molecule has 0 radical (unpaired) electrons. The van der Waals surface area contributed by atoms with E-state index >= 15 is 4.39 Å². The lowest BCUT2D eigenvalue weighted by molar-refractivity contribution is 0.0360. The van der Waals surface area contributed by atoms with Crippen molar-refractivity contribution in [2.24, 2.45) is 7.05 Å². The molecule has 1 fully saturated rings. The van der Waals surface area contributed by atoms with Gasteiger partial charge in [0.2, 0.25) is 5.95 Å². The fourth-order valence-electron chi connectivity index (χ4n) is 3.90. The van der Waals surface area contributed by atoms with Gasteiger partial charge in [0.05, 0.1) is 49.8 Å². The van der Waals surface area contributed by atoms with E-state index in [1.807, 2.05) is 0 Å². The smallest absolute Gasteiger partial charge is 0.260 e. The number of hydrogen-bond donors (Lipinski definition) is 3. The monoisotopic (exact) mass is 536 g/mol. The Morgan fingerprint density at radius 2 is 1.89 bits per heavy atom. The lowest BCUT2D eigenvalue weighted by Gasteiger charge is -2.16. The van der Waals surface area contributed by atoms with Gasteiger partial charge in [0, 0.05) is 50.4 Å². The van der Waals surface area contributed by atoms with E-state index < -0.39 is 22.8 Å². The van der Waals surface area contributed by atoms with Gasteiger partial charge >= 0.3 is 0 Å². The van der Waals surface area contributed by atoms with Crippen molar-refractivity contribution in [3.63, 3.8) is 0 Å². The number of aryl methyl sites for hydroxylation is 1. The van der Waals surface area contributed by atoms with Gasteiger partial charge in [-0.1, -0.05) is 0 Å². The SMILES string of the molecule is Cn1c(=O)c(-c2c(F)ccc(NSN3CCCC3)c2F)cc2cnc(NCCOCCOCCO)nc21. The predicted octanol–water partition coefficient (Wildman–Crippen LogP) is 2.78. The van der Waals surface area contributed by atoms with Gasteiger partial charge in [-0.3, -0.25) is 9.36 Å². The summed E-state index contributed by atoms with van der Waals surface area (Å²) in [5, 5.41) is 12.1. The van der Waals surface area contributed by atoms with E-state index in [9.17, 15) is 9.18 Å². The fourth-order valence-corrected chi connectivity index (χ4v) is 4.73. The minimum Gasteiger partial charge on any atom is -0.394 e. The molecule has 3 heterocycles. The quantitative estimate of drug-likeness (QED) is 0.223. The van der Waals surface area contributed by atoms with Gasteiger partial charge in [-0.2, -0.15) is 4.98 Å². The number of pyridine rings is 1. The summed E-state index contributed by atoms with van der Waals surface area (Å²) in [4.78, 5) is 21.8. The Morgan fingerprint density at radius 1 is 1.14 bits per heavy atom. The van der Waals surface area contributed by atoms with Gasteiger partial charge < -0.3 is 24.6 Å². The van der Waals surface area contributed by atoms with E-state index in [1.165, 1.54) is 42.1 Å². The van der Waals surface area contributed by atoms with Crippen molar-refractivity contribution in [2.45, 2.75) is 12.8 Å². The number of fused-ring (bicyclic) bond motifs is 1. The number of nitrogens with zero attached hydrogens (tertiary/aromatic N) is 4. The van der Waals surface area contributed by atoms with Crippen LogP contribution in [0.5, 0.6) is 0 Å². The number of aliphatic hydroxyl groups excluding tert-OH is 1. The highest BCUT2D eigenvalue weighted by Gasteiger charge is 2.21. The number of hydrogen-bond acceptors (Lipinski definition) is 10.